The lowest BCUT2D eigenvalue weighted by Crippen LogP contribution is -2.15. The Labute approximate surface area is 85.8 Å². The van der Waals surface area contributed by atoms with Crippen molar-refractivity contribution in [1.29, 1.82) is 0 Å². The van der Waals surface area contributed by atoms with Gasteiger partial charge >= 0.3 is 0 Å². The molecule has 0 aliphatic heterocycles. The Morgan fingerprint density at radius 2 is 2.00 bits per heavy atom. The van der Waals surface area contributed by atoms with Crippen molar-refractivity contribution in [2.75, 3.05) is 0 Å². The second-order valence-electron chi connectivity index (χ2n) is 5.34. The largest absolute Gasteiger partial charge is 0.508 e. The second kappa shape index (κ2) is 3.01. The average molecular weight is 190 g/mol. The topological polar surface area (TPSA) is 20.2 Å². The zero-order valence-electron chi connectivity index (χ0n) is 9.17. The number of phenols is 1. The summed E-state index contributed by atoms with van der Waals surface area (Å²) in [5.74, 6) is 1.05. The van der Waals surface area contributed by atoms with E-state index in [2.05, 4.69) is 26.8 Å². The maximum Gasteiger partial charge on any atom is 0.115 e. The van der Waals surface area contributed by atoms with Gasteiger partial charge in [-0.25, -0.2) is 0 Å². The number of aryl methyl sites for hydroxylation is 1. The third kappa shape index (κ3) is 1.52. The van der Waals surface area contributed by atoms with E-state index in [1.807, 2.05) is 12.1 Å². The number of rotatable bonds is 0. The highest BCUT2D eigenvalue weighted by atomic mass is 16.3. The molecule has 1 N–H and O–H groups in total. The molecule has 0 aromatic heterocycles. The summed E-state index contributed by atoms with van der Waals surface area (Å²) in [4.78, 5) is 0. The molecule has 0 bridgehead atoms. The van der Waals surface area contributed by atoms with Gasteiger partial charge in [0, 0.05) is 0 Å². The summed E-state index contributed by atoms with van der Waals surface area (Å²) in [5, 5.41) is 9.39. The van der Waals surface area contributed by atoms with E-state index in [-0.39, 0.29) is 0 Å². The molecule has 0 radical (unpaired) electrons. The molecule has 1 aromatic rings. The van der Waals surface area contributed by atoms with Crippen LogP contribution < -0.4 is 0 Å². The van der Waals surface area contributed by atoms with Crippen LogP contribution in [0.4, 0.5) is 0 Å². The Bertz CT molecular complexity index is 347. The van der Waals surface area contributed by atoms with Gasteiger partial charge in [-0.2, -0.15) is 0 Å². The highest BCUT2D eigenvalue weighted by Gasteiger charge is 2.31. The van der Waals surface area contributed by atoms with Gasteiger partial charge in [-0.3, -0.25) is 0 Å². The zero-order valence-corrected chi connectivity index (χ0v) is 9.17. The average Bonchev–Trinajstić information content (AvgIpc) is 2.45. The maximum absolute atomic E-state index is 9.39. The van der Waals surface area contributed by atoms with Crippen LogP contribution in [-0.2, 0) is 6.42 Å². The van der Waals surface area contributed by atoms with Crippen molar-refractivity contribution in [3.63, 3.8) is 0 Å². The summed E-state index contributed by atoms with van der Waals surface area (Å²) >= 11 is 0. The zero-order chi connectivity index (χ0) is 10.3. The number of hydrogen-bond acceptors (Lipinski definition) is 1. The van der Waals surface area contributed by atoms with E-state index in [1.165, 1.54) is 17.5 Å². The molecular weight excluding hydrogens is 172 g/mol. The first kappa shape index (κ1) is 9.57. The summed E-state index contributed by atoms with van der Waals surface area (Å²) in [6.07, 6.45) is 2.34. The molecule has 0 heterocycles. The fourth-order valence-electron chi connectivity index (χ4n) is 2.50. The van der Waals surface area contributed by atoms with Crippen molar-refractivity contribution in [1.82, 2.24) is 0 Å². The third-order valence-electron chi connectivity index (χ3n) is 3.25. The van der Waals surface area contributed by atoms with E-state index >= 15 is 0 Å². The minimum Gasteiger partial charge on any atom is -0.508 e. The Morgan fingerprint density at radius 3 is 2.64 bits per heavy atom. The number of hydrogen-bond donors (Lipinski definition) is 1. The summed E-state index contributed by atoms with van der Waals surface area (Å²) < 4.78 is 0. The van der Waals surface area contributed by atoms with Crippen LogP contribution in [-0.4, -0.2) is 5.11 Å². The van der Waals surface area contributed by atoms with Crippen LogP contribution in [0.1, 0.15) is 44.2 Å². The molecule has 1 nitrogen and oxygen atoms in total. The molecule has 1 unspecified atom stereocenters. The van der Waals surface area contributed by atoms with Gasteiger partial charge < -0.3 is 5.11 Å². The van der Waals surface area contributed by atoms with Crippen molar-refractivity contribution in [3.8, 4) is 5.75 Å². The molecule has 0 saturated heterocycles. The molecule has 76 valence electrons. The van der Waals surface area contributed by atoms with Crippen LogP contribution in [0.3, 0.4) is 0 Å². The quantitative estimate of drug-likeness (QED) is 0.664. The summed E-state index contributed by atoms with van der Waals surface area (Å²) in [7, 11) is 0. The lowest BCUT2D eigenvalue weighted by molar-refractivity contribution is 0.319. The molecule has 1 aliphatic rings. The number of phenolic OH excluding ortho intramolecular Hbond substituents is 1. The molecule has 0 spiro atoms. The third-order valence-corrected chi connectivity index (χ3v) is 3.25. The Morgan fingerprint density at radius 1 is 1.29 bits per heavy atom. The smallest absolute Gasteiger partial charge is 0.115 e. The van der Waals surface area contributed by atoms with E-state index in [0.29, 0.717) is 17.1 Å². The normalized spacial score (nSPS) is 20.9. The number of fused-ring (bicyclic) bond motifs is 1. The number of aromatic hydroxyl groups is 1. The van der Waals surface area contributed by atoms with Gasteiger partial charge in [0.1, 0.15) is 5.75 Å². The first-order chi connectivity index (χ1) is 6.48. The van der Waals surface area contributed by atoms with Gasteiger partial charge in [0.15, 0.2) is 0 Å². The van der Waals surface area contributed by atoms with E-state index in [4.69, 9.17) is 0 Å². The minimum atomic E-state index is 0.336. The van der Waals surface area contributed by atoms with Crippen molar-refractivity contribution < 1.29 is 5.11 Å². The predicted octanol–water partition coefficient (Wildman–Crippen LogP) is 3.47. The second-order valence-corrected chi connectivity index (χ2v) is 5.34. The first-order valence-electron chi connectivity index (χ1n) is 5.30. The molecule has 1 aliphatic carbocycles. The van der Waals surface area contributed by atoms with Crippen LogP contribution >= 0.6 is 0 Å². The molecule has 2 rings (SSSR count). The Hall–Kier alpha value is -0.980. The fraction of sp³-hybridized carbons (Fsp3) is 0.538. The standard InChI is InChI=1S/C13H18O/c1-13(2,3)12-7-4-9-8-10(14)5-6-11(9)12/h5-6,8,12,14H,4,7H2,1-3H3. The molecule has 1 atom stereocenters. The van der Waals surface area contributed by atoms with E-state index in [0.717, 1.165) is 6.42 Å². The molecule has 1 heteroatoms. The van der Waals surface area contributed by atoms with Gasteiger partial charge in [0.05, 0.1) is 0 Å². The molecule has 14 heavy (non-hydrogen) atoms. The number of benzene rings is 1. The predicted molar refractivity (Wildman–Crippen MR) is 58.6 cm³/mol. The highest BCUT2D eigenvalue weighted by Crippen LogP contribution is 2.45. The van der Waals surface area contributed by atoms with E-state index in [1.54, 1.807) is 0 Å². The molecule has 1 aromatic carbocycles. The SMILES string of the molecule is CC(C)(C)C1CCc2cc(O)ccc21. The van der Waals surface area contributed by atoms with Crippen molar-refractivity contribution in [3.05, 3.63) is 29.3 Å². The highest BCUT2D eigenvalue weighted by molar-refractivity contribution is 5.41. The molecule has 0 amide bonds. The van der Waals surface area contributed by atoms with Crippen molar-refractivity contribution in [2.24, 2.45) is 5.41 Å². The van der Waals surface area contributed by atoms with Crippen molar-refractivity contribution in [2.45, 2.75) is 39.5 Å². The van der Waals surface area contributed by atoms with Crippen LogP contribution in [0.2, 0.25) is 0 Å². The van der Waals surface area contributed by atoms with Crippen LogP contribution in [0.15, 0.2) is 18.2 Å². The van der Waals surface area contributed by atoms with Crippen LogP contribution in [0, 0.1) is 5.41 Å². The van der Waals surface area contributed by atoms with Crippen molar-refractivity contribution >= 4 is 0 Å². The monoisotopic (exact) mass is 190 g/mol. The minimum absolute atomic E-state index is 0.336. The summed E-state index contributed by atoms with van der Waals surface area (Å²) in [6.45, 7) is 6.87. The molecule has 0 fully saturated rings. The Kier molecular flexibility index (Phi) is 2.06. The molecular formula is C13H18O. The lowest BCUT2D eigenvalue weighted by atomic mass is 9.77. The van der Waals surface area contributed by atoms with Gasteiger partial charge in [0.2, 0.25) is 0 Å². The van der Waals surface area contributed by atoms with Gasteiger partial charge in [-0.15, -0.1) is 0 Å². The van der Waals surface area contributed by atoms with E-state index in [9.17, 15) is 5.11 Å². The lowest BCUT2D eigenvalue weighted by Gasteiger charge is -2.27. The van der Waals surface area contributed by atoms with Crippen LogP contribution in [0.5, 0.6) is 5.75 Å². The van der Waals surface area contributed by atoms with Gasteiger partial charge in [0.25, 0.3) is 0 Å². The molecule has 0 saturated carbocycles. The first-order valence-corrected chi connectivity index (χ1v) is 5.30. The van der Waals surface area contributed by atoms with Crippen LogP contribution in [0.25, 0.3) is 0 Å². The van der Waals surface area contributed by atoms with Gasteiger partial charge in [-0.1, -0.05) is 26.8 Å². The summed E-state index contributed by atoms with van der Waals surface area (Å²) in [6, 6.07) is 5.82. The van der Waals surface area contributed by atoms with Gasteiger partial charge in [-0.05, 0) is 47.4 Å². The maximum atomic E-state index is 9.39. The fourth-order valence-corrected chi connectivity index (χ4v) is 2.50. The Balaban J connectivity index is 2.41. The van der Waals surface area contributed by atoms with E-state index < -0.39 is 0 Å². The summed E-state index contributed by atoms with van der Waals surface area (Å²) in [5.41, 5.74) is 3.11.